The molecule has 1 aromatic carbocycles. The van der Waals surface area contributed by atoms with Crippen molar-refractivity contribution in [3.8, 4) is 0 Å². The smallest absolute Gasteiger partial charge is 0.354 e. The summed E-state index contributed by atoms with van der Waals surface area (Å²) in [6, 6.07) is 6.16. The van der Waals surface area contributed by atoms with Crippen LogP contribution in [0.3, 0.4) is 0 Å². The number of halogens is 5. The van der Waals surface area contributed by atoms with E-state index in [0.717, 1.165) is 12.3 Å². The Morgan fingerprint density at radius 1 is 1.18 bits per heavy atom. The first kappa shape index (κ1) is 21.2. The van der Waals surface area contributed by atoms with Crippen LogP contribution in [-0.2, 0) is 16.2 Å². The Hall–Kier alpha value is -1.55. The minimum Gasteiger partial charge on any atom is -0.354 e. The van der Waals surface area contributed by atoms with E-state index in [9.17, 15) is 21.6 Å². The highest BCUT2D eigenvalue weighted by molar-refractivity contribution is 7.89. The van der Waals surface area contributed by atoms with Crippen molar-refractivity contribution in [2.24, 2.45) is 0 Å². The predicted octanol–water partition coefficient (Wildman–Crippen LogP) is 4.35. The van der Waals surface area contributed by atoms with Crippen molar-refractivity contribution in [3.05, 3.63) is 52.1 Å². The third kappa shape index (κ3) is 4.89. The Bertz CT molecular complexity index is 953. The number of sulfonamides is 1. The van der Waals surface area contributed by atoms with Gasteiger partial charge in [-0.2, -0.15) is 13.2 Å². The Kier molecular flexibility index (Phi) is 6.09. The van der Waals surface area contributed by atoms with Crippen LogP contribution in [0, 0.1) is 0 Å². The molecule has 0 spiro atoms. The number of alkyl halides is 3. The van der Waals surface area contributed by atoms with Crippen LogP contribution in [0.15, 0.2) is 41.4 Å². The Balaban J connectivity index is 1.75. The normalized spacial score (nSPS) is 18.3. The Morgan fingerprint density at radius 3 is 2.46 bits per heavy atom. The highest BCUT2D eigenvalue weighted by atomic mass is 35.5. The monoisotopic (exact) mass is 453 g/mol. The van der Waals surface area contributed by atoms with Crippen molar-refractivity contribution >= 4 is 39.0 Å². The number of aromatic nitrogens is 1. The van der Waals surface area contributed by atoms with E-state index < -0.39 is 27.8 Å². The number of piperidine rings is 1. The van der Waals surface area contributed by atoms with E-state index in [-0.39, 0.29) is 22.3 Å². The van der Waals surface area contributed by atoms with Gasteiger partial charge in [-0.3, -0.25) is 0 Å². The van der Waals surface area contributed by atoms with Crippen molar-refractivity contribution in [1.82, 2.24) is 9.71 Å². The van der Waals surface area contributed by atoms with Gasteiger partial charge in [-0.25, -0.2) is 18.1 Å². The van der Waals surface area contributed by atoms with Crippen molar-refractivity contribution in [1.29, 1.82) is 0 Å². The maximum atomic E-state index is 12.8. The number of nitrogens with one attached hydrogen (secondary N) is 1. The number of pyridine rings is 1. The minimum atomic E-state index is -4.53. The van der Waals surface area contributed by atoms with E-state index in [1.807, 2.05) is 0 Å². The van der Waals surface area contributed by atoms with Crippen LogP contribution in [0.4, 0.5) is 19.0 Å². The quantitative estimate of drug-likeness (QED) is 0.746. The molecular formula is C17H16Cl2F3N3O2S. The molecule has 2 heterocycles. The van der Waals surface area contributed by atoms with Gasteiger partial charge in [0.15, 0.2) is 0 Å². The lowest BCUT2D eigenvalue weighted by Gasteiger charge is -2.34. The Morgan fingerprint density at radius 2 is 1.86 bits per heavy atom. The third-order valence-corrected chi connectivity index (χ3v) is 6.38. The molecule has 5 nitrogen and oxygen atoms in total. The number of hydrogen-bond acceptors (Lipinski definition) is 4. The van der Waals surface area contributed by atoms with Crippen LogP contribution in [0.5, 0.6) is 0 Å². The molecule has 0 radical (unpaired) electrons. The fourth-order valence-corrected chi connectivity index (χ4v) is 4.66. The minimum absolute atomic E-state index is 0.0831. The summed E-state index contributed by atoms with van der Waals surface area (Å²) < 4.78 is 66.0. The second-order valence-corrected chi connectivity index (χ2v) is 8.95. The van der Waals surface area contributed by atoms with Gasteiger partial charge in [0.1, 0.15) is 5.82 Å². The standard InChI is InChI=1S/C17H16Cl2F3N3O2S/c18-12-3-5-14(6-4-12)28(26,27)24-13-2-1-7-25(10-13)16-15(19)8-11(9-23-16)17(20,21)22/h3-6,8-9,13,24H,1-2,7,10H2/t13-/m0/s1. The lowest BCUT2D eigenvalue weighted by molar-refractivity contribution is -0.137. The van der Waals surface area contributed by atoms with Crippen LogP contribution >= 0.6 is 23.2 Å². The highest BCUT2D eigenvalue weighted by Crippen LogP contribution is 2.34. The van der Waals surface area contributed by atoms with Gasteiger partial charge in [-0.15, -0.1) is 0 Å². The summed E-state index contributed by atoms with van der Waals surface area (Å²) in [5.41, 5.74) is -0.932. The van der Waals surface area contributed by atoms with Crippen LogP contribution in [0.1, 0.15) is 18.4 Å². The van der Waals surface area contributed by atoms with Gasteiger partial charge in [0.2, 0.25) is 10.0 Å². The van der Waals surface area contributed by atoms with Crippen LogP contribution < -0.4 is 9.62 Å². The summed E-state index contributed by atoms with van der Waals surface area (Å²) >= 11 is 11.8. The topological polar surface area (TPSA) is 62.3 Å². The molecule has 1 saturated heterocycles. The molecule has 1 aliphatic heterocycles. The molecule has 1 atom stereocenters. The van der Waals surface area contributed by atoms with E-state index in [1.54, 1.807) is 4.90 Å². The lowest BCUT2D eigenvalue weighted by atomic mass is 10.1. The number of anilines is 1. The zero-order valence-electron chi connectivity index (χ0n) is 14.4. The lowest BCUT2D eigenvalue weighted by Crippen LogP contribution is -2.48. The first-order valence-electron chi connectivity index (χ1n) is 8.32. The number of hydrogen-bond donors (Lipinski definition) is 1. The summed E-state index contributed by atoms with van der Waals surface area (Å²) in [7, 11) is -3.76. The maximum absolute atomic E-state index is 12.8. The van der Waals surface area contributed by atoms with E-state index in [1.165, 1.54) is 24.3 Å². The van der Waals surface area contributed by atoms with Gasteiger partial charge in [0.25, 0.3) is 0 Å². The van der Waals surface area contributed by atoms with E-state index >= 15 is 0 Å². The molecule has 28 heavy (non-hydrogen) atoms. The number of rotatable bonds is 4. The summed E-state index contributed by atoms with van der Waals surface area (Å²) in [6.07, 6.45) is -2.59. The van der Waals surface area contributed by atoms with Gasteiger partial charge in [-0.1, -0.05) is 23.2 Å². The number of nitrogens with zero attached hydrogens (tertiary/aromatic N) is 2. The van der Waals surface area contributed by atoms with Crippen LogP contribution in [0.25, 0.3) is 0 Å². The molecule has 152 valence electrons. The molecule has 0 saturated carbocycles. The molecule has 1 aromatic heterocycles. The van der Waals surface area contributed by atoms with Crippen molar-refractivity contribution in [2.75, 3.05) is 18.0 Å². The van der Waals surface area contributed by atoms with Crippen molar-refractivity contribution in [3.63, 3.8) is 0 Å². The maximum Gasteiger partial charge on any atom is 0.417 e. The molecule has 3 rings (SSSR count). The number of benzene rings is 1. The van der Waals surface area contributed by atoms with Gasteiger partial charge in [0, 0.05) is 30.4 Å². The summed E-state index contributed by atoms with van der Waals surface area (Å²) in [6.45, 7) is 0.752. The second kappa shape index (κ2) is 8.06. The van der Waals surface area contributed by atoms with E-state index in [4.69, 9.17) is 23.2 Å². The highest BCUT2D eigenvalue weighted by Gasteiger charge is 2.33. The molecule has 0 aliphatic carbocycles. The summed E-state index contributed by atoms with van der Waals surface area (Å²) in [5.74, 6) is 0.199. The van der Waals surface area contributed by atoms with Crippen molar-refractivity contribution < 1.29 is 21.6 Å². The average Bonchev–Trinajstić information content (AvgIpc) is 2.61. The van der Waals surface area contributed by atoms with Crippen LogP contribution in [-0.4, -0.2) is 32.5 Å². The van der Waals surface area contributed by atoms with Crippen molar-refractivity contribution in [2.45, 2.75) is 30.0 Å². The first-order valence-corrected chi connectivity index (χ1v) is 10.6. The van der Waals surface area contributed by atoms with Crippen LogP contribution in [0.2, 0.25) is 10.0 Å². The van der Waals surface area contributed by atoms with Gasteiger partial charge < -0.3 is 4.90 Å². The summed E-state index contributed by atoms with van der Waals surface area (Å²) in [4.78, 5) is 5.61. The van der Waals surface area contributed by atoms with Gasteiger partial charge in [0.05, 0.1) is 15.5 Å². The zero-order valence-corrected chi connectivity index (χ0v) is 16.7. The third-order valence-electron chi connectivity index (χ3n) is 4.32. The SMILES string of the molecule is O=S(=O)(N[C@H]1CCCN(c2ncc(C(F)(F)F)cc2Cl)C1)c1ccc(Cl)cc1. The van der Waals surface area contributed by atoms with Gasteiger partial charge >= 0.3 is 6.18 Å². The molecule has 1 fully saturated rings. The molecule has 2 aromatic rings. The van der Waals surface area contributed by atoms with Gasteiger partial charge in [-0.05, 0) is 43.2 Å². The fourth-order valence-electron chi connectivity index (χ4n) is 2.99. The molecule has 0 amide bonds. The molecule has 11 heteroatoms. The molecule has 0 bridgehead atoms. The fraction of sp³-hybridized carbons (Fsp3) is 0.353. The molecule has 0 unspecified atom stereocenters. The summed E-state index contributed by atoms with van der Waals surface area (Å²) in [5, 5.41) is 0.293. The second-order valence-electron chi connectivity index (χ2n) is 6.39. The Labute approximate surface area is 170 Å². The average molecular weight is 454 g/mol. The van der Waals surface area contributed by atoms with E-state index in [0.29, 0.717) is 24.4 Å². The first-order chi connectivity index (χ1) is 13.1. The predicted molar refractivity (Wildman–Crippen MR) is 101 cm³/mol. The molecule has 1 N–H and O–H groups in total. The molecule has 1 aliphatic rings. The largest absolute Gasteiger partial charge is 0.417 e. The van der Waals surface area contributed by atoms with E-state index in [2.05, 4.69) is 9.71 Å². The molecular weight excluding hydrogens is 438 g/mol. The zero-order chi connectivity index (χ0) is 20.5.